The Morgan fingerprint density at radius 2 is 1.65 bits per heavy atom. The van der Waals surface area contributed by atoms with Crippen LogP contribution in [0.5, 0.6) is 0 Å². The Labute approximate surface area is 151 Å². The zero-order valence-corrected chi connectivity index (χ0v) is 15.5. The molecule has 2 aromatic heterocycles. The largest absolute Gasteiger partial charge is 0.289 e. The van der Waals surface area contributed by atoms with Crippen molar-refractivity contribution in [1.82, 2.24) is 19.6 Å². The maximum atomic E-state index is 13.1. The van der Waals surface area contributed by atoms with Crippen molar-refractivity contribution in [2.24, 2.45) is 7.05 Å². The normalized spacial score (nSPS) is 11.5. The van der Waals surface area contributed by atoms with E-state index in [-0.39, 0.29) is 11.6 Å². The lowest BCUT2D eigenvalue weighted by Crippen LogP contribution is -2.00. The highest BCUT2D eigenvalue weighted by atomic mass is 19.1. The van der Waals surface area contributed by atoms with Gasteiger partial charge in [0.25, 0.3) is 0 Å². The van der Waals surface area contributed by atoms with Crippen molar-refractivity contribution in [2.75, 3.05) is 0 Å². The molecule has 5 nitrogen and oxygen atoms in total. The van der Waals surface area contributed by atoms with Gasteiger partial charge in [-0.3, -0.25) is 9.48 Å². The van der Waals surface area contributed by atoms with Gasteiger partial charge in [-0.05, 0) is 64.1 Å². The SMILES string of the molecule is Cc1nn(-c2ccc(F)cc2)c(C)c1/C=C/C(=O)c1c(C)nn(C)c1C. The van der Waals surface area contributed by atoms with E-state index < -0.39 is 0 Å². The quantitative estimate of drug-likeness (QED) is 0.529. The molecule has 134 valence electrons. The zero-order valence-electron chi connectivity index (χ0n) is 15.5. The monoisotopic (exact) mass is 352 g/mol. The smallest absolute Gasteiger partial charge is 0.189 e. The van der Waals surface area contributed by atoms with Crippen molar-refractivity contribution >= 4 is 11.9 Å². The minimum absolute atomic E-state index is 0.0820. The molecule has 0 spiro atoms. The Morgan fingerprint density at radius 1 is 1.00 bits per heavy atom. The maximum absolute atomic E-state index is 13.1. The van der Waals surface area contributed by atoms with Crippen LogP contribution in [0.15, 0.2) is 30.3 Å². The highest BCUT2D eigenvalue weighted by Crippen LogP contribution is 2.20. The van der Waals surface area contributed by atoms with E-state index in [1.165, 1.54) is 12.1 Å². The molecule has 0 N–H and O–H groups in total. The number of nitrogens with zero attached hydrogens (tertiary/aromatic N) is 4. The summed E-state index contributed by atoms with van der Waals surface area (Å²) in [6, 6.07) is 6.16. The van der Waals surface area contributed by atoms with E-state index >= 15 is 0 Å². The van der Waals surface area contributed by atoms with Gasteiger partial charge in [0.2, 0.25) is 0 Å². The summed E-state index contributed by atoms with van der Waals surface area (Å²) in [5, 5.41) is 8.80. The summed E-state index contributed by atoms with van der Waals surface area (Å²) in [4.78, 5) is 12.6. The van der Waals surface area contributed by atoms with Gasteiger partial charge in [0.15, 0.2) is 5.78 Å². The summed E-state index contributed by atoms with van der Waals surface area (Å²) in [7, 11) is 1.82. The lowest BCUT2D eigenvalue weighted by molar-refractivity contribution is 0.104. The second-order valence-corrected chi connectivity index (χ2v) is 6.34. The van der Waals surface area contributed by atoms with E-state index in [0.29, 0.717) is 5.56 Å². The number of halogens is 1. The predicted octanol–water partition coefficient (Wildman–Crippen LogP) is 3.87. The molecule has 0 amide bonds. The molecular formula is C20H21FN4O. The van der Waals surface area contributed by atoms with Crippen molar-refractivity contribution in [1.29, 1.82) is 0 Å². The van der Waals surface area contributed by atoms with Gasteiger partial charge < -0.3 is 0 Å². The number of carbonyl (C=O) groups is 1. The van der Waals surface area contributed by atoms with Crippen molar-refractivity contribution < 1.29 is 9.18 Å². The molecule has 0 aliphatic heterocycles. The van der Waals surface area contributed by atoms with Gasteiger partial charge >= 0.3 is 0 Å². The molecule has 6 heteroatoms. The molecule has 0 aliphatic carbocycles. The van der Waals surface area contributed by atoms with Crippen molar-refractivity contribution in [3.63, 3.8) is 0 Å². The van der Waals surface area contributed by atoms with Crippen LogP contribution in [-0.2, 0) is 7.05 Å². The lowest BCUT2D eigenvalue weighted by atomic mass is 10.1. The van der Waals surface area contributed by atoms with Gasteiger partial charge in [0, 0.05) is 24.0 Å². The average Bonchev–Trinajstić information content (AvgIpc) is 3.01. The Hall–Kier alpha value is -3.02. The van der Waals surface area contributed by atoms with Crippen LogP contribution in [0.4, 0.5) is 4.39 Å². The molecule has 0 fully saturated rings. The summed E-state index contributed by atoms with van der Waals surface area (Å²) in [6.45, 7) is 7.52. The van der Waals surface area contributed by atoms with E-state index in [2.05, 4.69) is 10.2 Å². The van der Waals surface area contributed by atoms with Crippen molar-refractivity contribution in [3.05, 3.63) is 70.1 Å². The highest BCUT2D eigenvalue weighted by Gasteiger charge is 2.16. The molecule has 0 unspecified atom stereocenters. The van der Waals surface area contributed by atoms with Gasteiger partial charge in [-0.1, -0.05) is 0 Å². The maximum Gasteiger partial charge on any atom is 0.189 e. The fraction of sp³-hybridized carbons (Fsp3) is 0.250. The highest BCUT2D eigenvalue weighted by molar-refractivity contribution is 6.08. The first kappa shape index (κ1) is 17.8. The van der Waals surface area contributed by atoms with E-state index in [1.54, 1.807) is 33.6 Å². The van der Waals surface area contributed by atoms with Crippen molar-refractivity contribution in [3.8, 4) is 5.69 Å². The molecule has 0 radical (unpaired) electrons. The van der Waals surface area contributed by atoms with Crippen molar-refractivity contribution in [2.45, 2.75) is 27.7 Å². The second kappa shape index (κ2) is 6.71. The van der Waals surface area contributed by atoms with Crippen LogP contribution in [0.3, 0.4) is 0 Å². The molecule has 0 bridgehead atoms. The number of allylic oxidation sites excluding steroid dienone is 1. The van der Waals surface area contributed by atoms with E-state index in [9.17, 15) is 9.18 Å². The van der Waals surface area contributed by atoms with Gasteiger partial charge in [0.1, 0.15) is 5.82 Å². The third-order valence-corrected chi connectivity index (χ3v) is 4.58. The summed E-state index contributed by atoms with van der Waals surface area (Å²) in [5.41, 5.74) is 5.53. The van der Waals surface area contributed by atoms with Crippen LogP contribution < -0.4 is 0 Å². The Kier molecular flexibility index (Phi) is 4.59. The second-order valence-electron chi connectivity index (χ2n) is 6.34. The Bertz CT molecular complexity index is 1010. The zero-order chi connectivity index (χ0) is 19.0. The molecule has 26 heavy (non-hydrogen) atoms. The fourth-order valence-corrected chi connectivity index (χ4v) is 3.10. The first-order chi connectivity index (χ1) is 12.3. The number of benzene rings is 1. The van der Waals surface area contributed by atoms with Gasteiger partial charge in [-0.25, -0.2) is 9.07 Å². The lowest BCUT2D eigenvalue weighted by Gasteiger charge is -2.04. The molecule has 0 saturated carbocycles. The molecule has 3 rings (SSSR count). The summed E-state index contributed by atoms with van der Waals surface area (Å²) < 4.78 is 16.6. The fourth-order valence-electron chi connectivity index (χ4n) is 3.10. The molecule has 0 atom stereocenters. The van der Waals surface area contributed by atoms with E-state index in [1.807, 2.05) is 34.7 Å². The average molecular weight is 352 g/mol. The molecular weight excluding hydrogens is 331 g/mol. The third-order valence-electron chi connectivity index (χ3n) is 4.58. The van der Waals surface area contributed by atoms with Crippen LogP contribution in [0.1, 0.15) is 38.7 Å². The van der Waals surface area contributed by atoms with Crippen LogP contribution in [0, 0.1) is 33.5 Å². The number of hydrogen-bond donors (Lipinski definition) is 0. The number of rotatable bonds is 4. The number of hydrogen-bond acceptors (Lipinski definition) is 3. The molecule has 2 heterocycles. The first-order valence-corrected chi connectivity index (χ1v) is 8.34. The number of carbonyl (C=O) groups excluding carboxylic acids is 1. The minimum atomic E-state index is -0.289. The van der Waals surface area contributed by atoms with Gasteiger partial charge in [0.05, 0.1) is 22.6 Å². The minimum Gasteiger partial charge on any atom is -0.289 e. The van der Waals surface area contributed by atoms with E-state index in [4.69, 9.17) is 0 Å². The standard InChI is InChI=1S/C20H21FN4O/c1-12-18(10-11-19(26)20-13(2)22-24(5)15(20)4)14(3)25(23-12)17-8-6-16(21)7-9-17/h6-11H,1-5H3/b11-10+. The number of aromatic nitrogens is 4. The Morgan fingerprint density at radius 3 is 2.23 bits per heavy atom. The van der Waals surface area contributed by atoms with Crippen LogP contribution in [0.25, 0.3) is 11.8 Å². The summed E-state index contributed by atoms with van der Waals surface area (Å²) in [6.07, 6.45) is 3.34. The van der Waals surface area contributed by atoms with E-state index in [0.717, 1.165) is 34.0 Å². The number of ketones is 1. The summed E-state index contributed by atoms with van der Waals surface area (Å²) in [5.74, 6) is -0.371. The topological polar surface area (TPSA) is 52.7 Å². The molecule has 0 aliphatic rings. The van der Waals surface area contributed by atoms with Crippen LogP contribution in [0.2, 0.25) is 0 Å². The summed E-state index contributed by atoms with van der Waals surface area (Å²) >= 11 is 0. The molecule has 0 saturated heterocycles. The third kappa shape index (κ3) is 3.10. The molecule has 3 aromatic rings. The predicted molar refractivity (Wildman–Crippen MR) is 99.0 cm³/mol. The Balaban J connectivity index is 1.94. The van der Waals surface area contributed by atoms with Crippen LogP contribution in [-0.4, -0.2) is 25.3 Å². The van der Waals surface area contributed by atoms with Gasteiger partial charge in [-0.15, -0.1) is 0 Å². The first-order valence-electron chi connectivity index (χ1n) is 8.34. The number of aryl methyl sites for hydroxylation is 3. The van der Waals surface area contributed by atoms with Crippen LogP contribution >= 0.6 is 0 Å². The van der Waals surface area contributed by atoms with Gasteiger partial charge in [-0.2, -0.15) is 10.2 Å². The molecule has 1 aromatic carbocycles.